The number of nitrogens with one attached hydrogen (secondary N) is 2. The number of nitrogens with zero attached hydrogens (tertiary/aromatic N) is 2. The van der Waals surface area contributed by atoms with Crippen molar-refractivity contribution < 1.29 is 4.79 Å². The predicted octanol–water partition coefficient (Wildman–Crippen LogP) is 3.03. The lowest BCUT2D eigenvalue weighted by atomic mass is 10.1. The second-order valence-corrected chi connectivity index (χ2v) is 4.75. The molecule has 21 heavy (non-hydrogen) atoms. The van der Waals surface area contributed by atoms with Crippen LogP contribution < -0.4 is 5.32 Å². The van der Waals surface area contributed by atoms with Crippen LogP contribution in [0.4, 0.5) is 5.69 Å². The third kappa shape index (κ3) is 2.97. The van der Waals surface area contributed by atoms with Crippen molar-refractivity contribution >= 4 is 11.6 Å². The highest BCUT2D eigenvalue weighted by Crippen LogP contribution is 2.19. The van der Waals surface area contributed by atoms with Crippen LogP contribution in [-0.2, 0) is 0 Å². The van der Waals surface area contributed by atoms with Crippen molar-refractivity contribution in [1.29, 1.82) is 0 Å². The van der Waals surface area contributed by atoms with Gasteiger partial charge in [-0.2, -0.15) is 5.10 Å². The van der Waals surface area contributed by atoms with Gasteiger partial charge in [-0.05, 0) is 42.3 Å². The van der Waals surface area contributed by atoms with Crippen molar-refractivity contribution in [3.8, 4) is 11.3 Å². The molecule has 2 heterocycles. The molecule has 0 aliphatic carbocycles. The van der Waals surface area contributed by atoms with Gasteiger partial charge in [-0.1, -0.05) is 12.1 Å². The van der Waals surface area contributed by atoms with Crippen molar-refractivity contribution in [1.82, 2.24) is 15.2 Å². The molecule has 104 valence electrons. The van der Waals surface area contributed by atoms with E-state index in [0.717, 1.165) is 22.5 Å². The zero-order valence-electron chi connectivity index (χ0n) is 11.5. The number of amides is 1. The minimum Gasteiger partial charge on any atom is -0.322 e. The van der Waals surface area contributed by atoms with E-state index >= 15 is 0 Å². The van der Waals surface area contributed by atoms with Crippen LogP contribution >= 0.6 is 0 Å². The number of hydrogen-bond donors (Lipinski definition) is 2. The van der Waals surface area contributed by atoms with Gasteiger partial charge in [0.2, 0.25) is 0 Å². The molecule has 0 fully saturated rings. The van der Waals surface area contributed by atoms with E-state index in [1.54, 1.807) is 24.7 Å². The minimum absolute atomic E-state index is 0.166. The summed E-state index contributed by atoms with van der Waals surface area (Å²) in [6, 6.07) is 11.3. The Balaban J connectivity index is 1.75. The second-order valence-electron chi connectivity index (χ2n) is 4.75. The first-order chi connectivity index (χ1) is 10.2. The van der Waals surface area contributed by atoms with Crippen molar-refractivity contribution in [2.24, 2.45) is 0 Å². The summed E-state index contributed by atoms with van der Waals surface area (Å²) in [7, 11) is 0. The summed E-state index contributed by atoms with van der Waals surface area (Å²) in [5.74, 6) is -0.166. The molecule has 2 N–H and O–H groups in total. The summed E-state index contributed by atoms with van der Waals surface area (Å²) in [5.41, 5.74) is 4.20. The molecule has 0 radical (unpaired) electrons. The Morgan fingerprint density at radius 3 is 2.62 bits per heavy atom. The molecule has 0 aliphatic rings. The largest absolute Gasteiger partial charge is 0.322 e. The molecule has 0 atom stereocenters. The van der Waals surface area contributed by atoms with Crippen molar-refractivity contribution in [2.75, 3.05) is 5.32 Å². The summed E-state index contributed by atoms with van der Waals surface area (Å²) < 4.78 is 0. The lowest BCUT2D eigenvalue weighted by Gasteiger charge is -2.06. The number of benzene rings is 1. The first kappa shape index (κ1) is 13.1. The van der Waals surface area contributed by atoms with Gasteiger partial charge in [0, 0.05) is 24.3 Å². The lowest BCUT2D eigenvalue weighted by molar-refractivity contribution is 0.102. The van der Waals surface area contributed by atoms with Crippen LogP contribution in [0.1, 0.15) is 15.9 Å². The molecular formula is C16H14N4O. The van der Waals surface area contributed by atoms with Gasteiger partial charge in [0.25, 0.3) is 5.91 Å². The van der Waals surface area contributed by atoms with Gasteiger partial charge in [-0.15, -0.1) is 0 Å². The van der Waals surface area contributed by atoms with Crippen LogP contribution in [0, 0.1) is 6.92 Å². The van der Waals surface area contributed by atoms with Crippen LogP contribution in [0.5, 0.6) is 0 Å². The van der Waals surface area contributed by atoms with Crippen LogP contribution in [-0.4, -0.2) is 21.1 Å². The number of anilines is 1. The molecule has 0 bridgehead atoms. The smallest absolute Gasteiger partial charge is 0.257 e. The van der Waals surface area contributed by atoms with Crippen molar-refractivity contribution in [3.63, 3.8) is 0 Å². The molecule has 0 saturated carbocycles. The zero-order chi connectivity index (χ0) is 14.7. The van der Waals surface area contributed by atoms with E-state index in [9.17, 15) is 4.79 Å². The number of rotatable bonds is 3. The molecule has 1 amide bonds. The van der Waals surface area contributed by atoms with Crippen LogP contribution in [0.3, 0.4) is 0 Å². The lowest BCUT2D eigenvalue weighted by Crippen LogP contribution is -2.12. The fourth-order valence-electron chi connectivity index (χ4n) is 2.03. The van der Waals surface area contributed by atoms with E-state index in [-0.39, 0.29) is 5.91 Å². The van der Waals surface area contributed by atoms with Gasteiger partial charge in [-0.3, -0.25) is 14.9 Å². The Kier molecular flexibility index (Phi) is 3.47. The molecule has 0 spiro atoms. The third-order valence-corrected chi connectivity index (χ3v) is 3.09. The number of aromatic nitrogens is 3. The first-order valence-corrected chi connectivity index (χ1v) is 6.55. The summed E-state index contributed by atoms with van der Waals surface area (Å²) in [4.78, 5) is 16.1. The first-order valence-electron chi connectivity index (χ1n) is 6.55. The van der Waals surface area contributed by atoms with Crippen LogP contribution in [0.25, 0.3) is 11.3 Å². The fourth-order valence-corrected chi connectivity index (χ4v) is 2.03. The Morgan fingerprint density at radius 1 is 1.14 bits per heavy atom. The maximum absolute atomic E-state index is 12.1. The Morgan fingerprint density at radius 2 is 1.95 bits per heavy atom. The standard InChI is InChI=1S/C16H14N4O/c1-11-8-13(10-17-9-11)16(21)19-14-4-2-12(3-5-14)15-6-7-18-20-15/h2-10H,1H3,(H,18,20)(H,19,21). The van der Waals surface area contributed by atoms with Gasteiger partial charge in [0.05, 0.1) is 11.3 Å². The molecule has 0 aliphatic heterocycles. The molecule has 0 saturated heterocycles. The highest BCUT2D eigenvalue weighted by Gasteiger charge is 2.07. The van der Waals surface area contributed by atoms with E-state index in [0.29, 0.717) is 5.56 Å². The maximum Gasteiger partial charge on any atom is 0.257 e. The molecule has 5 nitrogen and oxygen atoms in total. The Bertz CT molecular complexity index is 748. The van der Waals surface area contributed by atoms with Gasteiger partial charge in [-0.25, -0.2) is 0 Å². The average Bonchev–Trinajstić information content (AvgIpc) is 3.02. The monoisotopic (exact) mass is 278 g/mol. The Labute approximate surface area is 122 Å². The number of H-pyrrole nitrogens is 1. The zero-order valence-corrected chi connectivity index (χ0v) is 11.5. The van der Waals surface area contributed by atoms with Crippen molar-refractivity contribution in [2.45, 2.75) is 6.92 Å². The number of aromatic amines is 1. The molecule has 2 aromatic heterocycles. The number of pyridine rings is 1. The maximum atomic E-state index is 12.1. The van der Waals surface area contributed by atoms with Gasteiger partial charge >= 0.3 is 0 Å². The highest BCUT2D eigenvalue weighted by atomic mass is 16.1. The van der Waals surface area contributed by atoms with Gasteiger partial charge in [0.1, 0.15) is 0 Å². The highest BCUT2D eigenvalue weighted by molar-refractivity contribution is 6.04. The number of hydrogen-bond acceptors (Lipinski definition) is 3. The summed E-state index contributed by atoms with van der Waals surface area (Å²) in [5, 5.41) is 9.67. The normalized spacial score (nSPS) is 10.3. The van der Waals surface area contributed by atoms with E-state index < -0.39 is 0 Å². The predicted molar refractivity (Wildman–Crippen MR) is 81.0 cm³/mol. The van der Waals surface area contributed by atoms with E-state index in [4.69, 9.17) is 0 Å². The molecule has 3 aromatic rings. The molecule has 0 unspecified atom stereocenters. The summed E-state index contributed by atoms with van der Waals surface area (Å²) in [6.07, 6.45) is 4.98. The quantitative estimate of drug-likeness (QED) is 0.773. The molecule has 3 rings (SSSR count). The van der Waals surface area contributed by atoms with Gasteiger partial charge in [0.15, 0.2) is 0 Å². The van der Waals surface area contributed by atoms with Gasteiger partial charge < -0.3 is 5.32 Å². The Hall–Kier alpha value is -2.95. The second kappa shape index (κ2) is 5.58. The summed E-state index contributed by atoms with van der Waals surface area (Å²) in [6.45, 7) is 1.91. The average molecular weight is 278 g/mol. The van der Waals surface area contributed by atoms with E-state index in [2.05, 4.69) is 20.5 Å². The van der Waals surface area contributed by atoms with E-state index in [1.807, 2.05) is 37.3 Å². The van der Waals surface area contributed by atoms with Crippen LogP contribution in [0.15, 0.2) is 55.0 Å². The molecular weight excluding hydrogens is 264 g/mol. The number of aryl methyl sites for hydroxylation is 1. The molecule has 5 heteroatoms. The number of carbonyl (C=O) groups is 1. The number of carbonyl (C=O) groups excluding carboxylic acids is 1. The minimum atomic E-state index is -0.166. The van der Waals surface area contributed by atoms with Crippen LogP contribution in [0.2, 0.25) is 0 Å². The SMILES string of the molecule is Cc1cncc(C(=O)Nc2ccc(-c3ccn[nH]3)cc2)c1. The third-order valence-electron chi connectivity index (χ3n) is 3.09. The summed E-state index contributed by atoms with van der Waals surface area (Å²) >= 11 is 0. The fraction of sp³-hybridized carbons (Fsp3) is 0.0625. The molecule has 1 aromatic carbocycles. The topological polar surface area (TPSA) is 70.7 Å². The van der Waals surface area contributed by atoms with E-state index in [1.165, 1.54) is 0 Å². The van der Waals surface area contributed by atoms with Crippen molar-refractivity contribution in [3.05, 3.63) is 66.1 Å².